The Labute approximate surface area is 261 Å². The first-order chi connectivity index (χ1) is 21.6. The van der Waals surface area contributed by atoms with E-state index >= 15 is 0 Å². The third kappa shape index (κ3) is 7.31. The van der Waals surface area contributed by atoms with Crippen molar-refractivity contribution in [1.82, 2.24) is 30.3 Å². The predicted octanol–water partition coefficient (Wildman–Crippen LogP) is -0.263. The van der Waals surface area contributed by atoms with Crippen molar-refractivity contribution in [3.8, 4) is 0 Å². The van der Waals surface area contributed by atoms with Crippen LogP contribution in [-0.4, -0.2) is 124 Å². The highest BCUT2D eigenvalue weighted by Crippen LogP contribution is 2.23. The highest BCUT2D eigenvalue weighted by Gasteiger charge is 2.41. The summed E-state index contributed by atoms with van der Waals surface area (Å²) in [6, 6.07) is 8.92. The highest BCUT2D eigenvalue weighted by atomic mass is 16.5. The maximum Gasteiger partial charge on any atom is 0.255 e. The Morgan fingerprint density at radius 2 is 1.82 bits per heavy atom. The van der Waals surface area contributed by atoms with Crippen molar-refractivity contribution in [2.75, 3.05) is 33.3 Å². The fraction of sp³-hybridized carbons (Fsp3) is 0.500. The standard InChI is InChI=1S/C32H40N6O7/c1-20-29(41)35-24(16-21-8-4-3-5-9-21)30(42)34-23-12-15-45-26(28(23)40)18-37(31(43)22-10-6-13-33-17-22)19-27(39)38-14-7-11-25(38)32(44)36(20)2/h3-6,8-10,13,17,20,23-26,28,40H,7,11-12,14-16,18-19H2,1-2H3,(H,34,42)(H,35,41)/t20-,23-,24-,25-,26+,28-/m0/s1. The minimum atomic E-state index is -1.21. The second kappa shape index (κ2) is 14.2. The summed E-state index contributed by atoms with van der Waals surface area (Å²) >= 11 is 0. The van der Waals surface area contributed by atoms with Crippen LogP contribution in [0.4, 0.5) is 0 Å². The van der Waals surface area contributed by atoms with E-state index in [1.807, 2.05) is 30.3 Å². The van der Waals surface area contributed by atoms with Crippen LogP contribution in [0.5, 0.6) is 0 Å². The number of rotatable bonds is 3. The fourth-order valence-electron chi connectivity index (χ4n) is 6.11. The number of carbonyl (C=O) groups excluding carboxylic acids is 5. The number of amides is 5. The van der Waals surface area contributed by atoms with Gasteiger partial charge in [-0.1, -0.05) is 30.3 Å². The number of hydrogen-bond donors (Lipinski definition) is 3. The van der Waals surface area contributed by atoms with E-state index in [-0.39, 0.29) is 31.7 Å². The van der Waals surface area contributed by atoms with Gasteiger partial charge in [0.15, 0.2) is 0 Å². The summed E-state index contributed by atoms with van der Waals surface area (Å²) in [7, 11) is 1.50. The van der Waals surface area contributed by atoms with Gasteiger partial charge < -0.3 is 35.2 Å². The first-order valence-corrected chi connectivity index (χ1v) is 15.3. The van der Waals surface area contributed by atoms with Crippen LogP contribution >= 0.6 is 0 Å². The highest BCUT2D eigenvalue weighted by molar-refractivity contribution is 5.98. The normalized spacial score (nSPS) is 28.6. The van der Waals surface area contributed by atoms with E-state index in [1.165, 1.54) is 34.1 Å². The van der Waals surface area contributed by atoms with Gasteiger partial charge in [-0.2, -0.15) is 0 Å². The zero-order chi connectivity index (χ0) is 32.1. The van der Waals surface area contributed by atoms with E-state index < -0.39 is 65.9 Å². The molecule has 0 saturated carbocycles. The van der Waals surface area contributed by atoms with Crippen LogP contribution in [0.25, 0.3) is 0 Å². The summed E-state index contributed by atoms with van der Waals surface area (Å²) < 4.78 is 5.88. The van der Waals surface area contributed by atoms with E-state index in [1.54, 1.807) is 19.1 Å². The molecule has 0 radical (unpaired) electrons. The van der Waals surface area contributed by atoms with Gasteiger partial charge >= 0.3 is 0 Å². The molecule has 3 saturated heterocycles. The summed E-state index contributed by atoms with van der Waals surface area (Å²) in [5.74, 6) is -2.35. The van der Waals surface area contributed by atoms with Gasteiger partial charge in [-0.3, -0.25) is 29.0 Å². The topological polar surface area (TPSA) is 161 Å². The zero-order valence-electron chi connectivity index (χ0n) is 25.5. The molecule has 240 valence electrons. The summed E-state index contributed by atoms with van der Waals surface area (Å²) in [4.78, 5) is 76.2. The van der Waals surface area contributed by atoms with Gasteiger partial charge in [-0.05, 0) is 43.9 Å². The Morgan fingerprint density at radius 3 is 2.56 bits per heavy atom. The molecule has 6 atom stereocenters. The van der Waals surface area contributed by atoms with Gasteiger partial charge in [0.25, 0.3) is 5.91 Å². The summed E-state index contributed by atoms with van der Waals surface area (Å²) in [6.45, 7) is 1.58. The summed E-state index contributed by atoms with van der Waals surface area (Å²) in [5, 5.41) is 17.1. The number of ether oxygens (including phenoxy) is 1. The first kappa shape index (κ1) is 32.0. The maximum absolute atomic E-state index is 13.7. The number of likely N-dealkylation sites (N-methyl/N-ethyl adjacent to an activating group) is 1. The van der Waals surface area contributed by atoms with Crippen molar-refractivity contribution in [2.24, 2.45) is 0 Å². The van der Waals surface area contributed by atoms with Crippen LogP contribution < -0.4 is 10.6 Å². The number of nitrogens with one attached hydrogen (secondary N) is 2. The molecule has 5 amide bonds. The second-order valence-electron chi connectivity index (χ2n) is 11.9. The minimum absolute atomic E-state index is 0.138. The van der Waals surface area contributed by atoms with Crippen LogP contribution in [0.2, 0.25) is 0 Å². The number of nitrogens with zero attached hydrogens (tertiary/aromatic N) is 4. The van der Waals surface area contributed by atoms with Crippen LogP contribution in [0.3, 0.4) is 0 Å². The number of aliphatic hydroxyl groups excluding tert-OH is 1. The Kier molecular flexibility index (Phi) is 10.1. The Hall–Kier alpha value is -4.36. The fourth-order valence-corrected chi connectivity index (χ4v) is 6.11. The minimum Gasteiger partial charge on any atom is -0.388 e. The average Bonchev–Trinajstić information content (AvgIpc) is 3.55. The molecular weight excluding hydrogens is 580 g/mol. The lowest BCUT2D eigenvalue weighted by Gasteiger charge is -2.38. The Morgan fingerprint density at radius 1 is 1.04 bits per heavy atom. The molecule has 3 N–H and O–H groups in total. The van der Waals surface area contributed by atoms with Crippen molar-refractivity contribution < 1.29 is 33.8 Å². The smallest absolute Gasteiger partial charge is 0.255 e. The maximum atomic E-state index is 13.7. The summed E-state index contributed by atoms with van der Waals surface area (Å²) in [6.07, 6.45) is 2.27. The van der Waals surface area contributed by atoms with Gasteiger partial charge in [0.1, 0.15) is 36.9 Å². The van der Waals surface area contributed by atoms with Gasteiger partial charge in [0.05, 0.1) is 18.2 Å². The molecule has 3 aliphatic rings. The average molecular weight is 621 g/mol. The van der Waals surface area contributed by atoms with Crippen LogP contribution in [-0.2, 0) is 30.3 Å². The Balaban J connectivity index is 1.48. The molecule has 0 aliphatic carbocycles. The molecule has 13 heteroatoms. The Bertz CT molecular complexity index is 1390. The van der Waals surface area contributed by atoms with Crippen molar-refractivity contribution in [3.63, 3.8) is 0 Å². The van der Waals surface area contributed by atoms with Crippen molar-refractivity contribution in [3.05, 3.63) is 66.0 Å². The number of carbonyl (C=O) groups is 5. The van der Waals surface area contributed by atoms with Crippen LogP contribution in [0.1, 0.15) is 42.1 Å². The third-order valence-corrected chi connectivity index (χ3v) is 8.89. The van der Waals surface area contributed by atoms with E-state index in [4.69, 9.17) is 4.74 Å². The molecular formula is C32H40N6O7. The van der Waals surface area contributed by atoms with E-state index in [0.29, 0.717) is 25.8 Å². The molecule has 3 fully saturated rings. The lowest BCUT2D eigenvalue weighted by molar-refractivity contribution is -0.147. The van der Waals surface area contributed by atoms with Crippen molar-refractivity contribution >= 4 is 29.5 Å². The molecule has 3 aliphatic heterocycles. The molecule has 4 heterocycles. The monoisotopic (exact) mass is 620 g/mol. The zero-order valence-corrected chi connectivity index (χ0v) is 25.5. The van der Waals surface area contributed by atoms with Gasteiger partial charge in [0, 0.05) is 39.0 Å². The summed E-state index contributed by atoms with van der Waals surface area (Å²) in [5.41, 5.74) is 1.07. The molecule has 2 aromatic rings. The molecule has 13 nitrogen and oxygen atoms in total. The van der Waals surface area contributed by atoms with E-state index in [0.717, 1.165) is 5.56 Å². The SMILES string of the molecule is C[C@H]1C(=O)N[C@@H](Cc2ccccc2)C(=O)N[C@H]2CCO[C@H](CN(C(=O)c3cccnc3)CC(=O)N3CCC[C@H]3C(=O)N1C)[C@H]2O. The number of aliphatic hydroxyl groups is 1. The number of hydrogen-bond acceptors (Lipinski definition) is 8. The lowest BCUT2D eigenvalue weighted by atomic mass is 9.97. The van der Waals surface area contributed by atoms with E-state index in [2.05, 4.69) is 15.6 Å². The molecule has 0 spiro atoms. The lowest BCUT2D eigenvalue weighted by Crippen LogP contribution is -2.60. The number of aromatic nitrogens is 1. The van der Waals surface area contributed by atoms with Crippen LogP contribution in [0.15, 0.2) is 54.9 Å². The van der Waals surface area contributed by atoms with Gasteiger partial charge in [0.2, 0.25) is 23.6 Å². The molecule has 5 rings (SSSR count). The van der Waals surface area contributed by atoms with Gasteiger partial charge in [-0.25, -0.2) is 0 Å². The predicted molar refractivity (Wildman–Crippen MR) is 161 cm³/mol. The number of pyridine rings is 1. The van der Waals surface area contributed by atoms with Crippen molar-refractivity contribution in [1.29, 1.82) is 0 Å². The molecule has 1 aromatic heterocycles. The van der Waals surface area contributed by atoms with Gasteiger partial charge in [-0.15, -0.1) is 0 Å². The largest absolute Gasteiger partial charge is 0.388 e. The van der Waals surface area contributed by atoms with Crippen molar-refractivity contribution in [2.45, 2.75) is 69.0 Å². The molecule has 45 heavy (non-hydrogen) atoms. The number of benzene rings is 1. The van der Waals surface area contributed by atoms with Crippen LogP contribution in [0, 0.1) is 0 Å². The molecule has 0 unspecified atom stereocenters. The number of fused-ring (bicyclic) bond motifs is 3. The molecule has 2 bridgehead atoms. The third-order valence-electron chi connectivity index (χ3n) is 8.89. The quantitative estimate of drug-likeness (QED) is 0.423. The van der Waals surface area contributed by atoms with E-state index in [9.17, 15) is 29.1 Å². The molecule has 1 aromatic carbocycles. The first-order valence-electron chi connectivity index (χ1n) is 15.3. The second-order valence-corrected chi connectivity index (χ2v) is 11.9.